The Morgan fingerprint density at radius 1 is 1.54 bits per heavy atom. The van der Waals surface area contributed by atoms with Gasteiger partial charge in [0.25, 0.3) is 0 Å². The summed E-state index contributed by atoms with van der Waals surface area (Å²) in [5, 5.41) is 4.27. The van der Waals surface area contributed by atoms with Crippen molar-refractivity contribution >= 4 is 5.57 Å². The third kappa shape index (κ3) is 1.12. The Bertz CT molecular complexity index is 358. The summed E-state index contributed by atoms with van der Waals surface area (Å²) >= 11 is 0. The summed E-state index contributed by atoms with van der Waals surface area (Å²) < 4.78 is 1.94. The molecule has 0 fully saturated rings. The third-order valence-electron chi connectivity index (χ3n) is 3.14. The van der Waals surface area contributed by atoms with E-state index < -0.39 is 0 Å². The van der Waals surface area contributed by atoms with Crippen LogP contribution in [0.2, 0.25) is 0 Å². The highest BCUT2D eigenvalue weighted by Gasteiger charge is 2.31. The first-order chi connectivity index (χ1) is 6.02. The molecule has 1 heterocycles. The van der Waals surface area contributed by atoms with Gasteiger partial charge in [-0.05, 0) is 29.4 Å². The Kier molecular flexibility index (Phi) is 1.62. The Labute approximate surface area is 79.3 Å². The first-order valence-electron chi connectivity index (χ1n) is 4.73. The molecule has 0 atom stereocenters. The van der Waals surface area contributed by atoms with Crippen molar-refractivity contribution in [2.45, 2.75) is 26.7 Å². The molecule has 2 heteroatoms. The van der Waals surface area contributed by atoms with E-state index >= 15 is 0 Å². The zero-order valence-electron chi connectivity index (χ0n) is 8.59. The van der Waals surface area contributed by atoms with E-state index in [1.54, 1.807) is 0 Å². The number of nitrogens with zero attached hydrogens (tertiary/aromatic N) is 2. The number of hydrogen-bond donors (Lipinski definition) is 0. The van der Waals surface area contributed by atoms with E-state index in [-0.39, 0.29) is 5.41 Å². The Balaban J connectivity index is 2.55. The van der Waals surface area contributed by atoms with Crippen molar-refractivity contribution in [2.24, 2.45) is 12.5 Å². The van der Waals surface area contributed by atoms with Crippen LogP contribution >= 0.6 is 0 Å². The monoisotopic (exact) mass is 176 g/mol. The molecule has 1 aliphatic rings. The molecule has 0 saturated carbocycles. The summed E-state index contributed by atoms with van der Waals surface area (Å²) in [6.07, 6.45) is 4.29. The summed E-state index contributed by atoms with van der Waals surface area (Å²) in [5.74, 6) is 0. The van der Waals surface area contributed by atoms with Crippen molar-refractivity contribution in [1.82, 2.24) is 9.78 Å². The van der Waals surface area contributed by atoms with E-state index in [4.69, 9.17) is 0 Å². The highest BCUT2D eigenvalue weighted by atomic mass is 15.3. The molecule has 0 aromatic carbocycles. The van der Waals surface area contributed by atoms with Crippen molar-refractivity contribution in [3.8, 4) is 0 Å². The van der Waals surface area contributed by atoms with Crippen molar-refractivity contribution in [3.63, 3.8) is 0 Å². The summed E-state index contributed by atoms with van der Waals surface area (Å²) in [6.45, 7) is 8.69. The van der Waals surface area contributed by atoms with Crippen LogP contribution < -0.4 is 0 Å². The van der Waals surface area contributed by atoms with Gasteiger partial charge in [0.15, 0.2) is 0 Å². The quantitative estimate of drug-likeness (QED) is 0.593. The molecule has 0 spiro atoms. The van der Waals surface area contributed by atoms with Gasteiger partial charge in [-0.25, -0.2) is 0 Å². The topological polar surface area (TPSA) is 17.8 Å². The fourth-order valence-electron chi connectivity index (χ4n) is 1.97. The maximum absolute atomic E-state index is 4.27. The number of hydrogen-bond acceptors (Lipinski definition) is 1. The highest BCUT2D eigenvalue weighted by Crippen LogP contribution is 2.42. The maximum atomic E-state index is 4.27. The molecule has 0 amide bonds. The van der Waals surface area contributed by atoms with Crippen LogP contribution in [0.4, 0.5) is 0 Å². The summed E-state index contributed by atoms with van der Waals surface area (Å²) in [5.41, 5.74) is 4.07. The van der Waals surface area contributed by atoms with Crippen LogP contribution in [0.5, 0.6) is 0 Å². The van der Waals surface area contributed by atoms with Crippen LogP contribution in [0.3, 0.4) is 0 Å². The molecular weight excluding hydrogens is 160 g/mol. The van der Waals surface area contributed by atoms with Crippen molar-refractivity contribution < 1.29 is 0 Å². The van der Waals surface area contributed by atoms with Crippen LogP contribution in [-0.2, 0) is 13.5 Å². The predicted octanol–water partition coefficient (Wildman–Crippen LogP) is 2.41. The van der Waals surface area contributed by atoms with Crippen molar-refractivity contribution in [3.05, 3.63) is 24.0 Å². The molecule has 1 aromatic heterocycles. The SMILES string of the molecule is C=C1c2c(cnn2C)CCC1(C)C. The van der Waals surface area contributed by atoms with Gasteiger partial charge in [0.05, 0.1) is 11.9 Å². The van der Waals surface area contributed by atoms with Crippen LogP contribution in [0.25, 0.3) is 5.57 Å². The van der Waals surface area contributed by atoms with E-state index in [0.717, 1.165) is 6.42 Å². The lowest BCUT2D eigenvalue weighted by Crippen LogP contribution is -2.21. The Hall–Kier alpha value is -1.05. The zero-order valence-corrected chi connectivity index (χ0v) is 8.59. The summed E-state index contributed by atoms with van der Waals surface area (Å²) in [4.78, 5) is 0. The van der Waals surface area contributed by atoms with E-state index in [1.165, 1.54) is 23.3 Å². The number of aryl methyl sites for hydroxylation is 2. The van der Waals surface area contributed by atoms with Gasteiger partial charge in [-0.1, -0.05) is 20.4 Å². The zero-order chi connectivity index (χ0) is 9.64. The van der Waals surface area contributed by atoms with Crippen LogP contribution in [0.1, 0.15) is 31.5 Å². The van der Waals surface area contributed by atoms with Gasteiger partial charge in [0.2, 0.25) is 0 Å². The highest BCUT2D eigenvalue weighted by molar-refractivity contribution is 5.69. The minimum Gasteiger partial charge on any atom is -0.268 e. The summed E-state index contributed by atoms with van der Waals surface area (Å²) in [6, 6.07) is 0. The lowest BCUT2D eigenvalue weighted by molar-refractivity contribution is 0.439. The average Bonchev–Trinajstić information content (AvgIpc) is 2.41. The second-order valence-corrected chi connectivity index (χ2v) is 4.50. The maximum Gasteiger partial charge on any atom is 0.0670 e. The van der Waals surface area contributed by atoms with Crippen molar-refractivity contribution in [2.75, 3.05) is 0 Å². The number of allylic oxidation sites excluding steroid dienone is 1. The van der Waals surface area contributed by atoms with E-state index in [2.05, 4.69) is 25.5 Å². The molecular formula is C11H16N2. The van der Waals surface area contributed by atoms with Crippen LogP contribution in [0, 0.1) is 5.41 Å². The van der Waals surface area contributed by atoms with E-state index in [0.29, 0.717) is 0 Å². The molecule has 13 heavy (non-hydrogen) atoms. The normalized spacial score (nSPS) is 20.1. The molecule has 0 bridgehead atoms. The number of rotatable bonds is 0. The van der Waals surface area contributed by atoms with Gasteiger partial charge in [-0.15, -0.1) is 0 Å². The number of fused-ring (bicyclic) bond motifs is 1. The molecule has 1 aliphatic carbocycles. The van der Waals surface area contributed by atoms with Gasteiger partial charge in [0.1, 0.15) is 0 Å². The molecule has 0 saturated heterocycles. The van der Waals surface area contributed by atoms with Gasteiger partial charge in [-0.3, -0.25) is 4.68 Å². The molecule has 0 N–H and O–H groups in total. The van der Waals surface area contributed by atoms with E-state index in [1.807, 2.05) is 17.9 Å². The van der Waals surface area contributed by atoms with Gasteiger partial charge in [0, 0.05) is 7.05 Å². The third-order valence-corrected chi connectivity index (χ3v) is 3.14. The lowest BCUT2D eigenvalue weighted by atomic mass is 9.73. The first kappa shape index (κ1) is 8.54. The smallest absolute Gasteiger partial charge is 0.0670 e. The molecule has 0 radical (unpaired) electrons. The molecule has 0 unspecified atom stereocenters. The fraction of sp³-hybridized carbons (Fsp3) is 0.545. The largest absolute Gasteiger partial charge is 0.268 e. The standard InChI is InChI=1S/C11H16N2/c1-8-10-9(7-12-13(10)4)5-6-11(8,2)3/h7H,1,5-6H2,2-4H3. The molecule has 1 aromatic rings. The minimum absolute atomic E-state index is 0.237. The van der Waals surface area contributed by atoms with E-state index in [9.17, 15) is 0 Å². The summed E-state index contributed by atoms with van der Waals surface area (Å²) in [7, 11) is 1.99. The van der Waals surface area contributed by atoms with Gasteiger partial charge >= 0.3 is 0 Å². The predicted molar refractivity (Wildman–Crippen MR) is 54.3 cm³/mol. The van der Waals surface area contributed by atoms with Crippen LogP contribution in [-0.4, -0.2) is 9.78 Å². The fourth-order valence-corrected chi connectivity index (χ4v) is 1.97. The lowest BCUT2D eigenvalue weighted by Gasteiger charge is -2.32. The molecule has 70 valence electrons. The number of aromatic nitrogens is 2. The second kappa shape index (κ2) is 2.47. The first-order valence-corrected chi connectivity index (χ1v) is 4.73. The van der Waals surface area contributed by atoms with Gasteiger partial charge in [-0.2, -0.15) is 5.10 Å². The average molecular weight is 176 g/mol. The Morgan fingerprint density at radius 2 is 2.23 bits per heavy atom. The van der Waals surface area contributed by atoms with Crippen LogP contribution in [0.15, 0.2) is 12.8 Å². The minimum atomic E-state index is 0.237. The Morgan fingerprint density at radius 3 is 2.92 bits per heavy atom. The molecule has 2 rings (SSSR count). The van der Waals surface area contributed by atoms with Crippen molar-refractivity contribution in [1.29, 1.82) is 0 Å². The molecule has 0 aliphatic heterocycles. The second-order valence-electron chi connectivity index (χ2n) is 4.50. The van der Waals surface area contributed by atoms with Gasteiger partial charge < -0.3 is 0 Å². The molecule has 2 nitrogen and oxygen atoms in total.